The van der Waals surface area contributed by atoms with E-state index in [9.17, 15) is 9.59 Å². The van der Waals surface area contributed by atoms with Crippen molar-refractivity contribution in [3.05, 3.63) is 41.2 Å². The maximum absolute atomic E-state index is 12.8. The molecule has 0 atom stereocenters. The molecule has 0 saturated carbocycles. The number of hydrogen-bond donors (Lipinski definition) is 1. The number of carbonyl (C=O) groups is 2. The number of rotatable bonds is 7. The molecule has 2 aromatic rings. The molecule has 0 radical (unpaired) electrons. The van der Waals surface area contributed by atoms with Gasteiger partial charge in [-0.1, -0.05) is 0 Å². The molecule has 0 aliphatic carbocycles. The Kier molecular flexibility index (Phi) is 5.60. The lowest BCUT2D eigenvalue weighted by molar-refractivity contribution is 0.0359. The summed E-state index contributed by atoms with van der Waals surface area (Å²) in [6, 6.07) is 6.99. The summed E-state index contributed by atoms with van der Waals surface area (Å²) in [4.78, 5) is 31.4. The fraction of sp³-hybridized carbons (Fsp3) is 0.389. The lowest BCUT2D eigenvalue weighted by Crippen LogP contribution is -2.39. The summed E-state index contributed by atoms with van der Waals surface area (Å²) in [6.45, 7) is 3.49. The molecule has 1 aliphatic rings. The lowest BCUT2D eigenvalue weighted by Gasteiger charge is -2.27. The van der Waals surface area contributed by atoms with Gasteiger partial charge in [-0.05, 0) is 24.6 Å². The standard InChI is InChI=1S/C18H22N4O5/c1-4-27-20-17(23)15-10-16-18(24)21(5-6-22(16)19-15)11-12-7-13(25-2)9-14(8-12)26-3/h7-10H,4-6,11H2,1-3H3,(H,20,23). The van der Waals surface area contributed by atoms with E-state index in [1.165, 1.54) is 6.07 Å². The predicted molar refractivity (Wildman–Crippen MR) is 95.6 cm³/mol. The molecule has 3 rings (SSSR count). The molecule has 1 aliphatic heterocycles. The summed E-state index contributed by atoms with van der Waals surface area (Å²) in [5.74, 6) is 0.657. The molecule has 0 unspecified atom stereocenters. The van der Waals surface area contributed by atoms with Crippen molar-refractivity contribution >= 4 is 11.8 Å². The van der Waals surface area contributed by atoms with Gasteiger partial charge in [0.15, 0.2) is 5.69 Å². The highest BCUT2D eigenvalue weighted by atomic mass is 16.6. The summed E-state index contributed by atoms with van der Waals surface area (Å²) in [5.41, 5.74) is 3.69. The smallest absolute Gasteiger partial charge is 0.295 e. The van der Waals surface area contributed by atoms with Crippen LogP contribution in [-0.2, 0) is 17.9 Å². The maximum atomic E-state index is 12.8. The number of nitrogens with one attached hydrogen (secondary N) is 1. The second-order valence-corrected chi connectivity index (χ2v) is 5.95. The van der Waals surface area contributed by atoms with Crippen LogP contribution < -0.4 is 15.0 Å². The topological polar surface area (TPSA) is 94.9 Å². The number of hydrogen-bond acceptors (Lipinski definition) is 6. The first-order valence-corrected chi connectivity index (χ1v) is 8.57. The lowest BCUT2D eigenvalue weighted by atomic mass is 10.1. The zero-order valence-electron chi connectivity index (χ0n) is 15.5. The number of benzene rings is 1. The number of hydroxylamine groups is 1. The number of carbonyl (C=O) groups excluding carboxylic acids is 2. The number of fused-ring (bicyclic) bond motifs is 1. The van der Waals surface area contributed by atoms with Crippen LogP contribution in [0, 0.1) is 0 Å². The minimum absolute atomic E-state index is 0.150. The second-order valence-electron chi connectivity index (χ2n) is 5.95. The quantitative estimate of drug-likeness (QED) is 0.733. The third-order valence-corrected chi connectivity index (χ3v) is 4.19. The average Bonchev–Trinajstić information content (AvgIpc) is 3.13. The summed E-state index contributed by atoms with van der Waals surface area (Å²) < 4.78 is 12.1. The van der Waals surface area contributed by atoms with Gasteiger partial charge in [-0.3, -0.25) is 19.1 Å². The fourth-order valence-corrected chi connectivity index (χ4v) is 2.87. The molecule has 0 fully saturated rings. The van der Waals surface area contributed by atoms with Crippen molar-refractivity contribution in [2.24, 2.45) is 0 Å². The first-order chi connectivity index (χ1) is 13.0. The number of ether oxygens (including phenoxy) is 2. The SMILES string of the molecule is CCONC(=O)c1cc2n(n1)CCN(Cc1cc(OC)cc(OC)c1)C2=O. The van der Waals surface area contributed by atoms with E-state index >= 15 is 0 Å². The highest BCUT2D eigenvalue weighted by Crippen LogP contribution is 2.24. The second kappa shape index (κ2) is 8.09. The van der Waals surface area contributed by atoms with Crippen LogP contribution in [-0.4, -0.2) is 53.9 Å². The molecule has 27 heavy (non-hydrogen) atoms. The zero-order valence-corrected chi connectivity index (χ0v) is 15.5. The van der Waals surface area contributed by atoms with E-state index in [-0.39, 0.29) is 11.6 Å². The van der Waals surface area contributed by atoms with Crippen LogP contribution in [0.1, 0.15) is 33.5 Å². The minimum Gasteiger partial charge on any atom is -0.497 e. The van der Waals surface area contributed by atoms with Gasteiger partial charge in [0, 0.05) is 25.2 Å². The number of methoxy groups -OCH3 is 2. The van der Waals surface area contributed by atoms with Gasteiger partial charge in [-0.2, -0.15) is 5.10 Å². The van der Waals surface area contributed by atoms with Crippen LogP contribution >= 0.6 is 0 Å². The molecular weight excluding hydrogens is 352 g/mol. The molecule has 0 spiro atoms. The fourth-order valence-electron chi connectivity index (χ4n) is 2.87. The Morgan fingerprint density at radius 3 is 2.48 bits per heavy atom. The molecule has 1 N–H and O–H groups in total. The van der Waals surface area contributed by atoms with Crippen molar-refractivity contribution in [1.29, 1.82) is 0 Å². The van der Waals surface area contributed by atoms with E-state index in [0.29, 0.717) is 43.4 Å². The van der Waals surface area contributed by atoms with Gasteiger partial charge in [-0.25, -0.2) is 5.48 Å². The van der Waals surface area contributed by atoms with E-state index in [0.717, 1.165) is 5.56 Å². The monoisotopic (exact) mass is 374 g/mol. The van der Waals surface area contributed by atoms with Gasteiger partial charge in [0.05, 0.1) is 27.4 Å². The van der Waals surface area contributed by atoms with Crippen LogP contribution in [0.2, 0.25) is 0 Å². The molecule has 1 aromatic heterocycles. The van der Waals surface area contributed by atoms with Gasteiger partial charge in [-0.15, -0.1) is 0 Å². The first-order valence-electron chi connectivity index (χ1n) is 8.57. The highest BCUT2D eigenvalue weighted by Gasteiger charge is 2.28. The third kappa shape index (κ3) is 4.03. The van der Waals surface area contributed by atoms with Crippen molar-refractivity contribution in [3.8, 4) is 11.5 Å². The van der Waals surface area contributed by atoms with Crippen LogP contribution in [0.15, 0.2) is 24.3 Å². The summed E-state index contributed by atoms with van der Waals surface area (Å²) in [5, 5.41) is 4.19. The Hall–Kier alpha value is -3.07. The Morgan fingerprint density at radius 1 is 1.15 bits per heavy atom. The number of amides is 2. The van der Waals surface area contributed by atoms with Gasteiger partial charge < -0.3 is 14.4 Å². The predicted octanol–water partition coefficient (Wildman–Crippen LogP) is 1.24. The van der Waals surface area contributed by atoms with E-state index in [1.807, 2.05) is 12.1 Å². The van der Waals surface area contributed by atoms with Gasteiger partial charge in [0.1, 0.15) is 17.2 Å². The van der Waals surface area contributed by atoms with E-state index in [4.69, 9.17) is 14.3 Å². The van der Waals surface area contributed by atoms with Crippen LogP contribution in [0.25, 0.3) is 0 Å². The minimum atomic E-state index is -0.476. The average molecular weight is 374 g/mol. The Morgan fingerprint density at radius 2 is 1.85 bits per heavy atom. The first kappa shape index (κ1) is 18.7. The van der Waals surface area contributed by atoms with E-state index in [2.05, 4.69) is 10.6 Å². The number of aromatic nitrogens is 2. The Labute approximate surface area is 156 Å². The molecular formula is C18H22N4O5. The van der Waals surface area contributed by atoms with Crippen molar-refractivity contribution in [2.75, 3.05) is 27.4 Å². The third-order valence-electron chi connectivity index (χ3n) is 4.19. The Bertz CT molecular complexity index is 826. The van der Waals surface area contributed by atoms with E-state index < -0.39 is 5.91 Å². The molecule has 9 heteroatoms. The number of nitrogens with zero attached hydrogens (tertiary/aromatic N) is 3. The van der Waals surface area contributed by atoms with Crippen LogP contribution in [0.5, 0.6) is 11.5 Å². The molecule has 9 nitrogen and oxygen atoms in total. The molecule has 144 valence electrons. The van der Waals surface area contributed by atoms with Gasteiger partial charge >= 0.3 is 0 Å². The largest absolute Gasteiger partial charge is 0.497 e. The molecule has 0 bridgehead atoms. The summed E-state index contributed by atoms with van der Waals surface area (Å²) in [7, 11) is 3.16. The summed E-state index contributed by atoms with van der Waals surface area (Å²) >= 11 is 0. The van der Waals surface area contributed by atoms with Crippen LogP contribution in [0.3, 0.4) is 0 Å². The van der Waals surface area contributed by atoms with Crippen molar-refractivity contribution < 1.29 is 23.9 Å². The normalized spacial score (nSPS) is 13.3. The van der Waals surface area contributed by atoms with Crippen molar-refractivity contribution in [3.63, 3.8) is 0 Å². The summed E-state index contributed by atoms with van der Waals surface area (Å²) in [6.07, 6.45) is 0. The molecule has 2 amide bonds. The van der Waals surface area contributed by atoms with Crippen molar-refractivity contribution in [1.82, 2.24) is 20.2 Å². The molecule has 1 aromatic carbocycles. The molecule has 0 saturated heterocycles. The van der Waals surface area contributed by atoms with Crippen LogP contribution in [0.4, 0.5) is 0 Å². The van der Waals surface area contributed by atoms with Gasteiger partial charge in [0.25, 0.3) is 11.8 Å². The zero-order chi connectivity index (χ0) is 19.4. The highest BCUT2D eigenvalue weighted by molar-refractivity contribution is 5.98. The Balaban J connectivity index is 1.77. The van der Waals surface area contributed by atoms with Crippen molar-refractivity contribution in [2.45, 2.75) is 20.0 Å². The van der Waals surface area contributed by atoms with Gasteiger partial charge in [0.2, 0.25) is 0 Å². The maximum Gasteiger partial charge on any atom is 0.295 e. The van der Waals surface area contributed by atoms with E-state index in [1.54, 1.807) is 36.8 Å². The molecule has 2 heterocycles.